The third-order valence-corrected chi connectivity index (χ3v) is 4.04. The molecule has 6 nitrogen and oxygen atoms in total. The van der Waals surface area contributed by atoms with Crippen LogP contribution in [0, 0.1) is 0 Å². The number of rotatable bonds is 4. The van der Waals surface area contributed by atoms with Gasteiger partial charge in [-0.25, -0.2) is 9.97 Å². The largest absolute Gasteiger partial charge is 0.338 e. The van der Waals surface area contributed by atoms with E-state index in [1.807, 2.05) is 35.2 Å². The molecule has 0 spiro atoms. The molecular weight excluding hydrogens is 290 g/mol. The molecule has 1 saturated heterocycles. The van der Waals surface area contributed by atoms with Crippen molar-refractivity contribution in [2.75, 3.05) is 31.1 Å². The van der Waals surface area contributed by atoms with E-state index in [9.17, 15) is 4.79 Å². The zero-order valence-electron chi connectivity index (χ0n) is 13.0. The minimum Gasteiger partial charge on any atom is -0.338 e. The molecule has 0 unspecified atom stereocenters. The quantitative estimate of drug-likeness (QED) is 0.899. The van der Waals surface area contributed by atoms with Gasteiger partial charge in [0.2, 0.25) is 11.9 Å². The van der Waals surface area contributed by atoms with Crippen LogP contribution in [0.25, 0.3) is 0 Å². The summed E-state index contributed by atoms with van der Waals surface area (Å²) in [5, 5.41) is 0. The highest BCUT2D eigenvalue weighted by atomic mass is 16.2. The summed E-state index contributed by atoms with van der Waals surface area (Å²) in [4.78, 5) is 24.9. The molecule has 2 aromatic rings. The second kappa shape index (κ2) is 7.19. The van der Waals surface area contributed by atoms with Crippen molar-refractivity contribution in [2.45, 2.75) is 12.5 Å². The lowest BCUT2D eigenvalue weighted by atomic mass is 10.1. The summed E-state index contributed by atoms with van der Waals surface area (Å²) in [5.41, 5.74) is 7.18. The Balaban J connectivity index is 1.54. The van der Waals surface area contributed by atoms with Crippen molar-refractivity contribution in [3.05, 3.63) is 54.4 Å². The molecule has 23 heavy (non-hydrogen) atoms. The Kier molecular flexibility index (Phi) is 4.83. The van der Waals surface area contributed by atoms with E-state index in [0.29, 0.717) is 25.5 Å². The van der Waals surface area contributed by atoms with Crippen molar-refractivity contribution in [3.8, 4) is 0 Å². The van der Waals surface area contributed by atoms with E-state index in [0.717, 1.165) is 18.7 Å². The number of piperazine rings is 1. The summed E-state index contributed by atoms with van der Waals surface area (Å²) in [6, 6.07) is 11.2. The van der Waals surface area contributed by atoms with Crippen molar-refractivity contribution < 1.29 is 4.79 Å². The summed E-state index contributed by atoms with van der Waals surface area (Å²) in [6.07, 6.45) is 4.03. The Labute approximate surface area is 135 Å². The average Bonchev–Trinajstić information content (AvgIpc) is 2.63. The van der Waals surface area contributed by atoms with Gasteiger partial charge in [-0.3, -0.25) is 4.79 Å². The van der Waals surface area contributed by atoms with Gasteiger partial charge in [0.05, 0.1) is 6.04 Å². The van der Waals surface area contributed by atoms with E-state index < -0.39 is 6.04 Å². The van der Waals surface area contributed by atoms with Crippen LogP contribution in [-0.2, 0) is 11.2 Å². The molecule has 1 aliphatic rings. The zero-order valence-corrected chi connectivity index (χ0v) is 13.0. The molecule has 1 aromatic heterocycles. The maximum Gasteiger partial charge on any atom is 0.239 e. The van der Waals surface area contributed by atoms with E-state index in [2.05, 4.69) is 14.9 Å². The number of hydrogen-bond donors (Lipinski definition) is 1. The summed E-state index contributed by atoms with van der Waals surface area (Å²) < 4.78 is 0. The van der Waals surface area contributed by atoms with Gasteiger partial charge in [-0.05, 0) is 18.1 Å². The van der Waals surface area contributed by atoms with Crippen LogP contribution in [0.3, 0.4) is 0 Å². The van der Waals surface area contributed by atoms with Gasteiger partial charge >= 0.3 is 0 Å². The van der Waals surface area contributed by atoms with Gasteiger partial charge in [-0.1, -0.05) is 30.3 Å². The van der Waals surface area contributed by atoms with Crippen LogP contribution in [0.1, 0.15) is 5.56 Å². The number of aromatic nitrogens is 2. The van der Waals surface area contributed by atoms with E-state index >= 15 is 0 Å². The predicted molar refractivity (Wildman–Crippen MR) is 88.9 cm³/mol. The fourth-order valence-electron chi connectivity index (χ4n) is 2.77. The maximum absolute atomic E-state index is 12.5. The number of benzene rings is 1. The van der Waals surface area contributed by atoms with Gasteiger partial charge in [0.25, 0.3) is 0 Å². The highest BCUT2D eigenvalue weighted by Gasteiger charge is 2.26. The monoisotopic (exact) mass is 311 g/mol. The van der Waals surface area contributed by atoms with Gasteiger partial charge in [0.15, 0.2) is 0 Å². The molecule has 2 N–H and O–H groups in total. The second-order valence-electron chi connectivity index (χ2n) is 5.66. The Bertz CT molecular complexity index is 626. The molecule has 1 fully saturated rings. The topological polar surface area (TPSA) is 75.4 Å². The molecule has 0 aliphatic carbocycles. The van der Waals surface area contributed by atoms with Crippen LogP contribution in [0.4, 0.5) is 5.95 Å². The molecule has 0 bridgehead atoms. The van der Waals surface area contributed by atoms with Crippen LogP contribution in [0.15, 0.2) is 48.8 Å². The van der Waals surface area contributed by atoms with Crippen LogP contribution in [0.2, 0.25) is 0 Å². The molecular formula is C17H21N5O. The number of nitrogens with zero attached hydrogens (tertiary/aromatic N) is 4. The van der Waals surface area contributed by atoms with E-state index in [1.54, 1.807) is 18.5 Å². The van der Waals surface area contributed by atoms with Crippen LogP contribution < -0.4 is 10.6 Å². The first-order valence-corrected chi connectivity index (χ1v) is 7.84. The molecule has 0 radical (unpaired) electrons. The third-order valence-electron chi connectivity index (χ3n) is 4.04. The molecule has 3 rings (SSSR count). The van der Waals surface area contributed by atoms with Crippen LogP contribution in [0.5, 0.6) is 0 Å². The standard InChI is InChI=1S/C17H21N5O/c18-15(13-14-5-2-1-3-6-14)16(23)21-9-11-22(12-10-21)17-19-7-4-8-20-17/h1-8,15H,9-13,18H2/t15-/m0/s1. The predicted octanol–water partition coefficient (Wildman–Crippen LogP) is 0.695. The number of hydrogen-bond acceptors (Lipinski definition) is 5. The number of anilines is 1. The summed E-state index contributed by atoms with van der Waals surface area (Å²) in [5.74, 6) is 0.732. The fraction of sp³-hybridized carbons (Fsp3) is 0.353. The number of nitrogens with two attached hydrogens (primary N) is 1. The first-order chi connectivity index (χ1) is 11.2. The summed E-state index contributed by atoms with van der Waals surface area (Å²) in [7, 11) is 0. The van der Waals surface area contributed by atoms with Gasteiger partial charge in [0, 0.05) is 38.6 Å². The first-order valence-electron chi connectivity index (χ1n) is 7.84. The summed E-state index contributed by atoms with van der Waals surface area (Å²) >= 11 is 0. The van der Waals surface area contributed by atoms with E-state index in [4.69, 9.17) is 5.73 Å². The molecule has 1 aromatic carbocycles. The minimum atomic E-state index is -0.489. The molecule has 2 heterocycles. The number of carbonyl (C=O) groups is 1. The van der Waals surface area contributed by atoms with Gasteiger partial charge in [-0.15, -0.1) is 0 Å². The second-order valence-corrected chi connectivity index (χ2v) is 5.66. The third kappa shape index (κ3) is 3.84. The Morgan fingerprint density at radius 1 is 1.04 bits per heavy atom. The fourth-order valence-corrected chi connectivity index (χ4v) is 2.77. The Morgan fingerprint density at radius 2 is 1.70 bits per heavy atom. The van der Waals surface area contributed by atoms with Crippen molar-refractivity contribution in [1.29, 1.82) is 0 Å². The zero-order chi connectivity index (χ0) is 16.1. The highest BCUT2D eigenvalue weighted by molar-refractivity contribution is 5.82. The smallest absolute Gasteiger partial charge is 0.239 e. The molecule has 1 amide bonds. The first kappa shape index (κ1) is 15.4. The van der Waals surface area contributed by atoms with Gasteiger partial charge < -0.3 is 15.5 Å². The molecule has 0 saturated carbocycles. The van der Waals surface area contributed by atoms with Crippen molar-refractivity contribution in [3.63, 3.8) is 0 Å². The van der Waals surface area contributed by atoms with E-state index in [1.165, 1.54) is 0 Å². The lowest BCUT2D eigenvalue weighted by Gasteiger charge is -2.35. The van der Waals surface area contributed by atoms with Gasteiger partial charge in [-0.2, -0.15) is 0 Å². The Hall–Kier alpha value is -2.47. The lowest BCUT2D eigenvalue weighted by Crippen LogP contribution is -2.54. The van der Waals surface area contributed by atoms with E-state index in [-0.39, 0.29) is 5.91 Å². The molecule has 1 aliphatic heterocycles. The Morgan fingerprint density at radius 3 is 2.35 bits per heavy atom. The van der Waals surface area contributed by atoms with Crippen molar-refractivity contribution in [2.24, 2.45) is 5.73 Å². The number of carbonyl (C=O) groups excluding carboxylic acids is 1. The maximum atomic E-state index is 12.5. The van der Waals surface area contributed by atoms with Crippen LogP contribution >= 0.6 is 0 Å². The average molecular weight is 311 g/mol. The number of amides is 1. The highest BCUT2D eigenvalue weighted by Crippen LogP contribution is 2.11. The SMILES string of the molecule is N[C@@H](Cc1ccccc1)C(=O)N1CCN(c2ncccn2)CC1. The molecule has 6 heteroatoms. The normalized spacial score (nSPS) is 16.2. The van der Waals surface area contributed by atoms with Crippen molar-refractivity contribution in [1.82, 2.24) is 14.9 Å². The van der Waals surface area contributed by atoms with Crippen LogP contribution in [-0.4, -0.2) is 53.0 Å². The summed E-state index contributed by atoms with van der Waals surface area (Å²) in [6.45, 7) is 2.76. The molecule has 120 valence electrons. The molecule has 1 atom stereocenters. The lowest BCUT2D eigenvalue weighted by molar-refractivity contribution is -0.132. The minimum absolute atomic E-state index is 0.0162. The van der Waals surface area contributed by atoms with Crippen molar-refractivity contribution >= 4 is 11.9 Å². The van der Waals surface area contributed by atoms with Gasteiger partial charge in [0.1, 0.15) is 0 Å².